The van der Waals surface area contributed by atoms with Crippen LogP contribution in [0.1, 0.15) is 31.4 Å². The van der Waals surface area contributed by atoms with Crippen molar-refractivity contribution in [3.8, 4) is 10.7 Å². The molecular formula is C22H23ClF3N3O3S. The Morgan fingerprint density at radius 2 is 1.88 bits per heavy atom. The zero-order chi connectivity index (χ0) is 24.4. The van der Waals surface area contributed by atoms with Crippen molar-refractivity contribution < 1.29 is 22.7 Å². The molecule has 33 heavy (non-hydrogen) atoms. The number of ketones is 1. The highest BCUT2D eigenvalue weighted by molar-refractivity contribution is 7.19. The van der Waals surface area contributed by atoms with Crippen molar-refractivity contribution in [2.75, 3.05) is 13.7 Å². The number of carbonyl (C=O) groups excluding carboxylic acids is 1. The Morgan fingerprint density at radius 1 is 1.18 bits per heavy atom. The van der Waals surface area contributed by atoms with Crippen LogP contribution >= 0.6 is 22.9 Å². The molecule has 178 valence electrons. The first-order chi connectivity index (χ1) is 15.4. The highest BCUT2D eigenvalue weighted by atomic mass is 35.5. The van der Waals surface area contributed by atoms with Gasteiger partial charge >= 0.3 is 11.9 Å². The van der Waals surface area contributed by atoms with Gasteiger partial charge in [-0.25, -0.2) is 9.48 Å². The molecule has 0 radical (unpaired) electrons. The van der Waals surface area contributed by atoms with Crippen LogP contribution in [0.3, 0.4) is 0 Å². The van der Waals surface area contributed by atoms with Gasteiger partial charge in [0.2, 0.25) is 0 Å². The highest BCUT2D eigenvalue weighted by Crippen LogP contribution is 2.34. The van der Waals surface area contributed by atoms with Gasteiger partial charge < -0.3 is 4.74 Å². The van der Waals surface area contributed by atoms with Gasteiger partial charge in [-0.2, -0.15) is 13.2 Å². The number of hydrogen-bond donors (Lipinski definition) is 0. The van der Waals surface area contributed by atoms with Gasteiger partial charge in [-0.1, -0.05) is 43.6 Å². The van der Waals surface area contributed by atoms with Gasteiger partial charge in [0, 0.05) is 13.5 Å². The topological polar surface area (TPSA) is 66.1 Å². The molecule has 0 bridgehead atoms. The van der Waals surface area contributed by atoms with Gasteiger partial charge in [-0.3, -0.25) is 9.36 Å². The van der Waals surface area contributed by atoms with Crippen molar-refractivity contribution in [1.82, 2.24) is 14.3 Å². The minimum Gasteiger partial charge on any atom is -0.383 e. The standard InChI is InChI=1S/C22H23ClF3N3O3S/c1-21(2,14-5-4-6-15(11-14)22(24,25)26)12-16(30)13-29-20(31)28(9-10-32-3)19(27-29)17-7-8-18(23)33-17/h4-8,11H,9-10,12-13H2,1-3H3. The van der Waals surface area contributed by atoms with Crippen molar-refractivity contribution >= 4 is 28.7 Å². The predicted molar refractivity (Wildman–Crippen MR) is 121 cm³/mol. The summed E-state index contributed by atoms with van der Waals surface area (Å²) >= 11 is 7.27. The molecule has 0 N–H and O–H groups in total. The summed E-state index contributed by atoms with van der Waals surface area (Å²) < 4.78 is 47.4. The van der Waals surface area contributed by atoms with E-state index in [1.165, 1.54) is 29.1 Å². The van der Waals surface area contributed by atoms with Crippen LogP contribution < -0.4 is 5.69 Å². The fourth-order valence-electron chi connectivity index (χ4n) is 3.48. The molecule has 0 fully saturated rings. The SMILES string of the molecule is COCCn1c(-c2ccc(Cl)s2)nn(CC(=O)CC(C)(C)c2cccc(C(F)(F)F)c2)c1=O. The Balaban J connectivity index is 1.84. The Labute approximate surface area is 197 Å². The third kappa shape index (κ3) is 5.93. The van der Waals surface area contributed by atoms with E-state index in [2.05, 4.69) is 5.10 Å². The second-order valence-corrected chi connectivity index (χ2v) is 9.91. The molecule has 6 nitrogen and oxygen atoms in total. The van der Waals surface area contributed by atoms with Crippen LogP contribution in [0.15, 0.2) is 41.2 Å². The average Bonchev–Trinajstić information content (AvgIpc) is 3.29. The molecule has 2 heterocycles. The van der Waals surface area contributed by atoms with Gasteiger partial charge in [0.05, 0.1) is 27.9 Å². The van der Waals surface area contributed by atoms with Crippen molar-refractivity contribution in [3.63, 3.8) is 0 Å². The maximum Gasteiger partial charge on any atom is 0.416 e. The molecule has 3 aromatic rings. The third-order valence-corrected chi connectivity index (χ3v) is 6.40. The monoisotopic (exact) mass is 501 g/mol. The molecule has 0 unspecified atom stereocenters. The van der Waals surface area contributed by atoms with Crippen molar-refractivity contribution in [3.05, 3.63) is 62.3 Å². The number of carbonyl (C=O) groups is 1. The van der Waals surface area contributed by atoms with Crippen LogP contribution in [-0.4, -0.2) is 33.8 Å². The molecule has 0 saturated heterocycles. The summed E-state index contributed by atoms with van der Waals surface area (Å²) in [5.41, 5.74) is -1.73. The van der Waals surface area contributed by atoms with E-state index in [0.717, 1.165) is 16.8 Å². The van der Waals surface area contributed by atoms with Crippen LogP contribution in [0, 0.1) is 0 Å². The van der Waals surface area contributed by atoms with E-state index in [9.17, 15) is 22.8 Å². The predicted octanol–water partition coefficient (Wildman–Crippen LogP) is 5.03. The zero-order valence-corrected chi connectivity index (χ0v) is 19.9. The lowest BCUT2D eigenvalue weighted by atomic mass is 9.79. The number of alkyl halides is 3. The van der Waals surface area contributed by atoms with Crippen molar-refractivity contribution in [1.29, 1.82) is 0 Å². The number of Topliss-reactive ketones (excluding diaryl/α,β-unsaturated/α-hetero) is 1. The van der Waals surface area contributed by atoms with E-state index in [1.807, 2.05) is 0 Å². The average molecular weight is 502 g/mol. The van der Waals surface area contributed by atoms with Gasteiger partial charge in [0.1, 0.15) is 6.54 Å². The zero-order valence-electron chi connectivity index (χ0n) is 18.3. The number of nitrogens with zero attached hydrogens (tertiary/aromatic N) is 3. The summed E-state index contributed by atoms with van der Waals surface area (Å²) in [6.45, 7) is 3.60. The Morgan fingerprint density at radius 3 is 2.48 bits per heavy atom. The molecule has 2 aromatic heterocycles. The number of benzene rings is 1. The molecule has 1 aromatic carbocycles. The number of thiophene rings is 1. The Bertz CT molecular complexity index is 1200. The van der Waals surface area contributed by atoms with Gasteiger partial charge in [-0.05, 0) is 29.2 Å². The van der Waals surface area contributed by atoms with Crippen LogP contribution in [0.5, 0.6) is 0 Å². The van der Waals surface area contributed by atoms with Crippen LogP contribution in [0.25, 0.3) is 10.7 Å². The fourth-order valence-corrected chi connectivity index (χ4v) is 4.52. The quantitative estimate of drug-likeness (QED) is 0.412. The summed E-state index contributed by atoms with van der Waals surface area (Å²) in [6, 6.07) is 8.36. The Kier molecular flexibility index (Phi) is 7.50. The third-order valence-electron chi connectivity index (χ3n) is 5.17. The van der Waals surface area contributed by atoms with E-state index in [0.29, 0.717) is 20.6 Å². The maximum atomic E-state index is 13.1. The van der Waals surface area contributed by atoms with Crippen LogP contribution in [0.2, 0.25) is 4.34 Å². The molecule has 0 aliphatic rings. The van der Waals surface area contributed by atoms with E-state index >= 15 is 0 Å². The smallest absolute Gasteiger partial charge is 0.383 e. The fraction of sp³-hybridized carbons (Fsp3) is 0.409. The normalized spacial score (nSPS) is 12.3. The summed E-state index contributed by atoms with van der Waals surface area (Å²) in [6.07, 6.45) is -4.54. The maximum absolute atomic E-state index is 13.1. The summed E-state index contributed by atoms with van der Waals surface area (Å²) in [5.74, 6) is 0.0468. The van der Waals surface area contributed by atoms with E-state index in [-0.39, 0.29) is 31.9 Å². The largest absolute Gasteiger partial charge is 0.416 e. The van der Waals surface area contributed by atoms with E-state index in [4.69, 9.17) is 16.3 Å². The second kappa shape index (κ2) is 9.82. The number of rotatable bonds is 9. The number of aromatic nitrogens is 3. The summed E-state index contributed by atoms with van der Waals surface area (Å²) in [4.78, 5) is 26.4. The number of halogens is 4. The highest BCUT2D eigenvalue weighted by Gasteiger charge is 2.33. The second-order valence-electron chi connectivity index (χ2n) is 8.19. The first kappa shape index (κ1) is 25.2. The molecule has 0 aliphatic heterocycles. The molecule has 0 atom stereocenters. The lowest BCUT2D eigenvalue weighted by molar-refractivity contribution is -0.137. The van der Waals surface area contributed by atoms with E-state index in [1.54, 1.807) is 32.0 Å². The first-order valence-corrected chi connectivity index (χ1v) is 11.2. The number of methoxy groups -OCH3 is 1. The molecule has 0 amide bonds. The van der Waals surface area contributed by atoms with Gasteiger partial charge in [0.25, 0.3) is 0 Å². The molecule has 0 saturated carbocycles. The molecule has 0 spiro atoms. The summed E-state index contributed by atoms with van der Waals surface area (Å²) in [5, 5.41) is 4.33. The van der Waals surface area contributed by atoms with Gasteiger partial charge in [0.15, 0.2) is 11.6 Å². The van der Waals surface area contributed by atoms with Crippen molar-refractivity contribution in [2.24, 2.45) is 0 Å². The molecule has 3 rings (SSSR count). The lowest BCUT2D eigenvalue weighted by Crippen LogP contribution is -2.31. The van der Waals surface area contributed by atoms with E-state index < -0.39 is 22.8 Å². The minimum atomic E-state index is -4.47. The Hall–Kier alpha value is -2.43. The number of hydrogen-bond acceptors (Lipinski definition) is 5. The van der Waals surface area contributed by atoms with Crippen molar-refractivity contribution in [2.45, 2.75) is 44.9 Å². The number of ether oxygens (including phenoxy) is 1. The molecule has 11 heteroatoms. The minimum absolute atomic E-state index is 0.0636. The van der Waals surface area contributed by atoms with Crippen LogP contribution in [0.4, 0.5) is 13.2 Å². The van der Waals surface area contributed by atoms with Crippen LogP contribution in [-0.2, 0) is 34.2 Å². The molecular weight excluding hydrogens is 479 g/mol. The first-order valence-electron chi connectivity index (χ1n) is 10.0. The van der Waals surface area contributed by atoms with Gasteiger partial charge in [-0.15, -0.1) is 16.4 Å². The lowest BCUT2D eigenvalue weighted by Gasteiger charge is -2.25. The molecule has 0 aliphatic carbocycles. The summed E-state index contributed by atoms with van der Waals surface area (Å²) in [7, 11) is 1.51.